The Morgan fingerprint density at radius 1 is 1.37 bits per heavy atom. The number of anilines is 1. The van der Waals surface area contributed by atoms with Gasteiger partial charge in [0.15, 0.2) is 0 Å². The number of nitrogens with one attached hydrogen (secondary N) is 2. The van der Waals surface area contributed by atoms with Crippen molar-refractivity contribution in [2.45, 2.75) is 6.18 Å². The molecule has 0 atom stereocenters. The van der Waals surface area contributed by atoms with Crippen molar-refractivity contribution in [3.05, 3.63) is 45.9 Å². The zero-order valence-electron chi connectivity index (χ0n) is 9.12. The molecule has 0 unspecified atom stereocenters. The Morgan fingerprint density at radius 2 is 2.11 bits per heavy atom. The van der Waals surface area contributed by atoms with Crippen molar-refractivity contribution in [2.75, 3.05) is 5.32 Å². The van der Waals surface area contributed by atoms with Crippen LogP contribution in [-0.4, -0.2) is 14.7 Å². The molecule has 1 aromatic heterocycles. The van der Waals surface area contributed by atoms with Crippen molar-refractivity contribution in [2.24, 2.45) is 0 Å². The number of aromatic amines is 1. The second-order valence-corrected chi connectivity index (χ2v) is 4.06. The zero-order chi connectivity index (χ0) is 14.0. The number of rotatable bonds is 2. The Hall–Kier alpha value is -2.16. The lowest BCUT2D eigenvalue weighted by Crippen LogP contribution is -2.20. The van der Waals surface area contributed by atoms with Gasteiger partial charge in [0.1, 0.15) is 0 Å². The first kappa shape index (κ1) is 13.3. The maximum absolute atomic E-state index is 12.5. The fourth-order valence-corrected chi connectivity index (χ4v) is 1.79. The molecule has 2 N–H and O–H groups in total. The number of hydrogen-bond acceptors (Lipinski definition) is 4. The number of carbonyl (C=O) groups is 1. The van der Waals surface area contributed by atoms with Gasteiger partial charge in [0, 0.05) is 17.4 Å². The zero-order valence-corrected chi connectivity index (χ0v) is 9.93. The Morgan fingerprint density at radius 3 is 2.68 bits per heavy atom. The second kappa shape index (κ2) is 4.84. The number of aromatic nitrogens is 2. The van der Waals surface area contributed by atoms with Crippen LogP contribution in [0.5, 0.6) is 0 Å². The molecule has 19 heavy (non-hydrogen) atoms. The van der Waals surface area contributed by atoms with E-state index in [1.54, 1.807) is 0 Å². The Balaban J connectivity index is 2.23. The van der Waals surface area contributed by atoms with Crippen LogP contribution in [0.2, 0.25) is 0 Å². The van der Waals surface area contributed by atoms with Crippen LogP contribution in [0.25, 0.3) is 0 Å². The predicted molar refractivity (Wildman–Crippen MR) is 62.1 cm³/mol. The smallest absolute Gasteiger partial charge is 0.320 e. The highest BCUT2D eigenvalue weighted by atomic mass is 32.1. The van der Waals surface area contributed by atoms with Crippen molar-refractivity contribution in [3.8, 4) is 0 Å². The molecule has 1 aromatic carbocycles. The number of alkyl halides is 3. The van der Waals surface area contributed by atoms with Crippen LogP contribution < -0.4 is 10.9 Å². The molecule has 5 nitrogen and oxygen atoms in total. The number of H-pyrrole nitrogens is 1. The number of carbonyl (C=O) groups excluding carboxylic acids is 1. The lowest BCUT2D eigenvalue weighted by molar-refractivity contribution is -0.137. The summed E-state index contributed by atoms with van der Waals surface area (Å²) < 4.78 is 43.1. The van der Waals surface area contributed by atoms with Gasteiger partial charge in [-0.15, -0.1) is 0 Å². The molecule has 0 bridgehead atoms. The van der Waals surface area contributed by atoms with Gasteiger partial charge in [-0.2, -0.15) is 17.5 Å². The third-order valence-electron chi connectivity index (χ3n) is 2.15. The average molecular weight is 289 g/mol. The number of nitrogens with zero attached hydrogens (tertiary/aromatic N) is 1. The van der Waals surface area contributed by atoms with Crippen LogP contribution >= 0.6 is 11.7 Å². The van der Waals surface area contributed by atoms with Crippen LogP contribution in [0, 0.1) is 0 Å². The molecule has 0 aliphatic heterocycles. The summed E-state index contributed by atoms with van der Waals surface area (Å²) in [5.74, 6) is -0.859. The van der Waals surface area contributed by atoms with E-state index in [1.807, 2.05) is 0 Å². The Bertz CT molecular complexity index is 662. The summed E-state index contributed by atoms with van der Waals surface area (Å²) in [5, 5.41) is 2.18. The molecule has 1 amide bonds. The van der Waals surface area contributed by atoms with Crippen LogP contribution in [-0.2, 0) is 6.18 Å². The molecule has 0 aliphatic carbocycles. The minimum Gasteiger partial charge on any atom is -0.320 e. The molecule has 1 heterocycles. The second-order valence-electron chi connectivity index (χ2n) is 3.50. The number of hydrogen-bond donors (Lipinski definition) is 2. The quantitative estimate of drug-likeness (QED) is 0.889. The lowest BCUT2D eigenvalue weighted by Gasteiger charge is -2.08. The summed E-state index contributed by atoms with van der Waals surface area (Å²) >= 11 is 0.684. The van der Waals surface area contributed by atoms with Gasteiger partial charge in [-0.25, -0.2) is 0 Å². The minimum atomic E-state index is -4.50. The van der Waals surface area contributed by atoms with Crippen LogP contribution in [0.1, 0.15) is 16.1 Å². The van der Waals surface area contributed by atoms with E-state index in [-0.39, 0.29) is 11.4 Å². The molecule has 0 saturated carbocycles. The van der Waals surface area contributed by atoms with E-state index in [4.69, 9.17) is 0 Å². The maximum Gasteiger partial charge on any atom is 0.416 e. The fraction of sp³-hybridized carbons (Fsp3) is 0.100. The standard InChI is InChI=1S/C10H6F3N3O2S/c11-10(12,13)5-2-1-3-6(4-5)14-8(17)7-9(18)16-19-15-7/h1-4H,(H,14,17)(H,16,18). The monoisotopic (exact) mass is 289 g/mol. The van der Waals surface area contributed by atoms with E-state index in [0.717, 1.165) is 18.2 Å². The highest BCUT2D eigenvalue weighted by Gasteiger charge is 2.30. The molecule has 100 valence electrons. The van der Waals surface area contributed by atoms with Crippen LogP contribution in [0.4, 0.5) is 18.9 Å². The Labute approximate surface area is 108 Å². The van der Waals surface area contributed by atoms with Gasteiger partial charge in [0.2, 0.25) is 5.69 Å². The van der Waals surface area contributed by atoms with E-state index in [9.17, 15) is 22.8 Å². The molecule has 0 fully saturated rings. The van der Waals surface area contributed by atoms with Crippen molar-refractivity contribution < 1.29 is 18.0 Å². The van der Waals surface area contributed by atoms with Crippen molar-refractivity contribution in [3.63, 3.8) is 0 Å². The topological polar surface area (TPSA) is 74.8 Å². The first-order valence-electron chi connectivity index (χ1n) is 4.91. The normalized spacial score (nSPS) is 11.3. The van der Waals surface area contributed by atoms with Gasteiger partial charge in [-0.05, 0) is 18.2 Å². The summed E-state index contributed by atoms with van der Waals surface area (Å²) in [7, 11) is 0. The third kappa shape index (κ3) is 2.99. The molecular weight excluding hydrogens is 283 g/mol. The fourth-order valence-electron chi connectivity index (χ4n) is 1.31. The largest absolute Gasteiger partial charge is 0.416 e. The predicted octanol–water partition coefficient (Wildman–Crippen LogP) is 2.10. The molecule has 2 aromatic rings. The summed E-state index contributed by atoms with van der Waals surface area (Å²) in [6.07, 6.45) is -4.50. The molecule has 0 spiro atoms. The van der Waals surface area contributed by atoms with E-state index >= 15 is 0 Å². The minimum absolute atomic E-state index is 0.0628. The molecule has 0 radical (unpaired) electrons. The van der Waals surface area contributed by atoms with Crippen molar-refractivity contribution >= 4 is 23.3 Å². The number of amides is 1. The van der Waals surface area contributed by atoms with Crippen molar-refractivity contribution in [1.82, 2.24) is 8.75 Å². The summed E-state index contributed by atoms with van der Waals surface area (Å²) in [6, 6.07) is 4.10. The maximum atomic E-state index is 12.5. The van der Waals surface area contributed by atoms with Crippen molar-refractivity contribution in [1.29, 1.82) is 0 Å². The molecule has 0 saturated heterocycles. The number of halogens is 3. The summed E-state index contributed by atoms with van der Waals surface area (Å²) in [5.41, 5.74) is -2.03. The van der Waals surface area contributed by atoms with Gasteiger partial charge >= 0.3 is 6.18 Å². The van der Waals surface area contributed by atoms with E-state index in [2.05, 4.69) is 14.1 Å². The van der Waals surface area contributed by atoms with E-state index in [1.165, 1.54) is 6.07 Å². The first-order valence-corrected chi connectivity index (χ1v) is 5.68. The highest BCUT2D eigenvalue weighted by Crippen LogP contribution is 2.30. The van der Waals surface area contributed by atoms with E-state index in [0.29, 0.717) is 11.7 Å². The van der Waals surface area contributed by atoms with Gasteiger partial charge < -0.3 is 5.32 Å². The molecule has 2 rings (SSSR count). The van der Waals surface area contributed by atoms with E-state index < -0.39 is 23.2 Å². The summed E-state index contributed by atoms with van der Waals surface area (Å²) in [6.45, 7) is 0. The molecule has 9 heteroatoms. The van der Waals surface area contributed by atoms with Crippen LogP contribution in [0.3, 0.4) is 0 Å². The average Bonchev–Trinajstić information content (AvgIpc) is 2.75. The molecule has 0 aliphatic rings. The SMILES string of the molecule is O=C(Nc1cccc(C(F)(F)F)c1)c1ns[nH]c1=O. The highest BCUT2D eigenvalue weighted by molar-refractivity contribution is 6.99. The van der Waals surface area contributed by atoms with Gasteiger partial charge in [-0.3, -0.25) is 14.0 Å². The van der Waals surface area contributed by atoms with Gasteiger partial charge in [0.05, 0.1) is 5.56 Å². The lowest BCUT2D eigenvalue weighted by atomic mass is 10.2. The Kier molecular flexibility index (Phi) is 3.38. The van der Waals surface area contributed by atoms with Gasteiger partial charge in [-0.1, -0.05) is 6.07 Å². The summed E-state index contributed by atoms with van der Waals surface area (Å²) in [4.78, 5) is 22.7. The van der Waals surface area contributed by atoms with Gasteiger partial charge in [0.25, 0.3) is 11.5 Å². The third-order valence-corrected chi connectivity index (χ3v) is 2.70. The van der Waals surface area contributed by atoms with Crippen LogP contribution in [0.15, 0.2) is 29.1 Å². The molecular formula is C10H6F3N3O2S. The first-order chi connectivity index (χ1) is 8.88. The number of benzene rings is 1.